The summed E-state index contributed by atoms with van der Waals surface area (Å²) in [5.41, 5.74) is 1.83. The molecule has 102 valence electrons. The van der Waals surface area contributed by atoms with Crippen LogP contribution in [-0.4, -0.2) is 39.7 Å². The van der Waals surface area contributed by atoms with Crippen molar-refractivity contribution in [3.05, 3.63) is 36.3 Å². The number of nitrogens with one attached hydrogen (secondary N) is 2. The summed E-state index contributed by atoms with van der Waals surface area (Å²) in [6.07, 6.45) is 4.56. The number of amides is 2. The number of rotatable bonds is 5. The quantitative estimate of drug-likeness (QED) is 0.736. The Labute approximate surface area is 111 Å². The van der Waals surface area contributed by atoms with E-state index in [4.69, 9.17) is 5.11 Å². The Morgan fingerprint density at radius 1 is 1.53 bits per heavy atom. The first-order valence-corrected chi connectivity index (χ1v) is 6.27. The van der Waals surface area contributed by atoms with Crippen molar-refractivity contribution in [2.24, 2.45) is 0 Å². The Balaban J connectivity index is 1.81. The van der Waals surface area contributed by atoms with E-state index in [0.717, 1.165) is 11.3 Å². The van der Waals surface area contributed by atoms with Crippen molar-refractivity contribution in [1.29, 1.82) is 0 Å². The summed E-state index contributed by atoms with van der Waals surface area (Å²) in [7, 11) is 0. The second-order valence-corrected chi connectivity index (χ2v) is 4.43. The lowest BCUT2D eigenvalue weighted by molar-refractivity contribution is 0.220. The zero-order valence-corrected chi connectivity index (χ0v) is 10.8. The van der Waals surface area contributed by atoms with Crippen LogP contribution in [0.25, 0.3) is 5.65 Å². The summed E-state index contributed by atoms with van der Waals surface area (Å²) in [5, 5.41) is 14.2. The third-order valence-electron chi connectivity index (χ3n) is 2.73. The second kappa shape index (κ2) is 6.19. The lowest BCUT2D eigenvalue weighted by Gasteiger charge is -2.11. The SMILES string of the molecule is C[C@@H](CO)NC(=O)NCCc1cn2ccccc2n1. The Morgan fingerprint density at radius 2 is 2.37 bits per heavy atom. The van der Waals surface area contributed by atoms with E-state index in [-0.39, 0.29) is 18.7 Å². The maximum Gasteiger partial charge on any atom is 0.315 e. The normalized spacial score (nSPS) is 12.3. The summed E-state index contributed by atoms with van der Waals surface area (Å²) in [4.78, 5) is 15.9. The Kier molecular flexibility index (Phi) is 4.35. The third kappa shape index (κ3) is 3.69. The molecule has 1 atom stereocenters. The van der Waals surface area contributed by atoms with Crippen LogP contribution in [0.3, 0.4) is 0 Å². The molecule has 0 aliphatic heterocycles. The molecule has 6 nitrogen and oxygen atoms in total. The Morgan fingerprint density at radius 3 is 3.11 bits per heavy atom. The van der Waals surface area contributed by atoms with Crippen LogP contribution >= 0.6 is 0 Å². The van der Waals surface area contributed by atoms with Crippen LogP contribution in [-0.2, 0) is 6.42 Å². The molecule has 0 fully saturated rings. The number of pyridine rings is 1. The lowest BCUT2D eigenvalue weighted by atomic mass is 10.3. The first-order valence-electron chi connectivity index (χ1n) is 6.27. The van der Waals surface area contributed by atoms with E-state index in [1.807, 2.05) is 35.0 Å². The standard InChI is InChI=1S/C13H18N4O2/c1-10(9-18)15-13(19)14-6-5-11-8-17-7-3-2-4-12(17)16-11/h2-4,7-8,10,18H,5-6,9H2,1H3,(H2,14,15,19)/t10-/m0/s1. The Hall–Kier alpha value is -2.08. The largest absolute Gasteiger partial charge is 0.394 e. The molecule has 0 radical (unpaired) electrons. The van der Waals surface area contributed by atoms with Gasteiger partial charge in [0.15, 0.2) is 0 Å². The highest BCUT2D eigenvalue weighted by atomic mass is 16.3. The smallest absolute Gasteiger partial charge is 0.315 e. The van der Waals surface area contributed by atoms with E-state index >= 15 is 0 Å². The summed E-state index contributed by atoms with van der Waals surface area (Å²) in [6, 6.07) is 5.31. The van der Waals surface area contributed by atoms with Crippen LogP contribution in [0.2, 0.25) is 0 Å². The fourth-order valence-corrected chi connectivity index (χ4v) is 1.73. The van der Waals surface area contributed by atoms with Crippen molar-refractivity contribution >= 4 is 11.7 Å². The van der Waals surface area contributed by atoms with Gasteiger partial charge in [0.05, 0.1) is 18.3 Å². The average molecular weight is 262 g/mol. The number of imidazole rings is 1. The number of hydrogen-bond donors (Lipinski definition) is 3. The number of aliphatic hydroxyl groups excluding tert-OH is 1. The van der Waals surface area contributed by atoms with Crippen LogP contribution in [0.1, 0.15) is 12.6 Å². The molecular formula is C13H18N4O2. The molecule has 0 aliphatic rings. The van der Waals surface area contributed by atoms with E-state index in [9.17, 15) is 4.79 Å². The molecule has 0 aliphatic carbocycles. The molecule has 2 heterocycles. The number of urea groups is 1. The van der Waals surface area contributed by atoms with E-state index in [2.05, 4.69) is 15.6 Å². The topological polar surface area (TPSA) is 78.7 Å². The van der Waals surface area contributed by atoms with Crippen molar-refractivity contribution in [3.63, 3.8) is 0 Å². The van der Waals surface area contributed by atoms with Gasteiger partial charge in [0.1, 0.15) is 5.65 Å². The predicted molar refractivity (Wildman–Crippen MR) is 72.0 cm³/mol. The van der Waals surface area contributed by atoms with Crippen molar-refractivity contribution in [2.75, 3.05) is 13.2 Å². The number of nitrogens with zero attached hydrogens (tertiary/aromatic N) is 2. The molecule has 0 saturated heterocycles. The van der Waals surface area contributed by atoms with Gasteiger partial charge in [-0.25, -0.2) is 9.78 Å². The first kappa shape index (κ1) is 13.4. The van der Waals surface area contributed by atoms with Gasteiger partial charge in [-0.1, -0.05) is 6.07 Å². The Bertz CT molecular complexity index is 519. The molecule has 3 N–H and O–H groups in total. The van der Waals surface area contributed by atoms with E-state index in [1.54, 1.807) is 6.92 Å². The minimum Gasteiger partial charge on any atom is -0.394 e. The fraction of sp³-hybridized carbons (Fsp3) is 0.385. The molecule has 0 saturated carbocycles. The molecule has 2 rings (SSSR count). The molecule has 0 spiro atoms. The highest BCUT2D eigenvalue weighted by Gasteiger charge is 2.05. The van der Waals surface area contributed by atoms with Crippen LogP contribution in [0.4, 0.5) is 4.79 Å². The van der Waals surface area contributed by atoms with Crippen molar-refractivity contribution in [2.45, 2.75) is 19.4 Å². The number of fused-ring (bicyclic) bond motifs is 1. The number of aromatic nitrogens is 2. The predicted octanol–water partition coefficient (Wildman–Crippen LogP) is 0.557. The minimum absolute atomic E-state index is 0.0696. The van der Waals surface area contributed by atoms with Gasteiger partial charge < -0.3 is 20.1 Å². The van der Waals surface area contributed by atoms with E-state index in [1.165, 1.54) is 0 Å². The first-order chi connectivity index (χ1) is 9.19. The number of hydrogen-bond acceptors (Lipinski definition) is 3. The molecule has 19 heavy (non-hydrogen) atoms. The molecule has 0 bridgehead atoms. The minimum atomic E-state index is -0.273. The molecule has 0 aromatic carbocycles. The van der Waals surface area contributed by atoms with Crippen LogP contribution < -0.4 is 10.6 Å². The molecule has 2 amide bonds. The summed E-state index contributed by atoms with van der Waals surface area (Å²) in [6.45, 7) is 2.18. The van der Waals surface area contributed by atoms with Crippen molar-refractivity contribution in [1.82, 2.24) is 20.0 Å². The van der Waals surface area contributed by atoms with Gasteiger partial charge in [0.25, 0.3) is 0 Å². The van der Waals surface area contributed by atoms with Gasteiger partial charge >= 0.3 is 6.03 Å². The van der Waals surface area contributed by atoms with E-state index in [0.29, 0.717) is 13.0 Å². The average Bonchev–Trinajstić information content (AvgIpc) is 2.81. The van der Waals surface area contributed by atoms with Crippen LogP contribution in [0.15, 0.2) is 30.6 Å². The van der Waals surface area contributed by atoms with E-state index < -0.39 is 0 Å². The maximum absolute atomic E-state index is 11.4. The van der Waals surface area contributed by atoms with Gasteiger partial charge in [-0.3, -0.25) is 0 Å². The number of carbonyl (C=O) groups excluding carboxylic acids is 1. The summed E-state index contributed by atoms with van der Waals surface area (Å²) in [5.74, 6) is 0. The molecular weight excluding hydrogens is 244 g/mol. The van der Waals surface area contributed by atoms with Gasteiger partial charge in [0, 0.05) is 25.4 Å². The summed E-state index contributed by atoms with van der Waals surface area (Å²) >= 11 is 0. The highest BCUT2D eigenvalue weighted by molar-refractivity contribution is 5.74. The zero-order valence-electron chi connectivity index (χ0n) is 10.8. The van der Waals surface area contributed by atoms with Gasteiger partial charge in [-0.2, -0.15) is 0 Å². The maximum atomic E-state index is 11.4. The molecule has 0 unspecified atom stereocenters. The lowest BCUT2D eigenvalue weighted by Crippen LogP contribution is -2.42. The van der Waals surface area contributed by atoms with Crippen molar-refractivity contribution < 1.29 is 9.90 Å². The third-order valence-corrected chi connectivity index (χ3v) is 2.73. The molecule has 2 aromatic heterocycles. The van der Waals surface area contributed by atoms with Gasteiger partial charge in [0.2, 0.25) is 0 Å². The fourth-order valence-electron chi connectivity index (χ4n) is 1.73. The van der Waals surface area contributed by atoms with Crippen LogP contribution in [0, 0.1) is 0 Å². The number of aliphatic hydroxyl groups is 1. The van der Waals surface area contributed by atoms with Gasteiger partial charge in [-0.05, 0) is 19.1 Å². The van der Waals surface area contributed by atoms with Gasteiger partial charge in [-0.15, -0.1) is 0 Å². The molecule has 2 aromatic rings. The van der Waals surface area contributed by atoms with Crippen molar-refractivity contribution in [3.8, 4) is 0 Å². The highest BCUT2D eigenvalue weighted by Crippen LogP contribution is 2.04. The van der Waals surface area contributed by atoms with Crippen LogP contribution in [0.5, 0.6) is 0 Å². The number of carbonyl (C=O) groups is 1. The second-order valence-electron chi connectivity index (χ2n) is 4.43. The zero-order chi connectivity index (χ0) is 13.7. The molecule has 6 heteroatoms. The summed E-state index contributed by atoms with van der Waals surface area (Å²) < 4.78 is 1.95. The monoisotopic (exact) mass is 262 g/mol.